The second-order valence-corrected chi connectivity index (χ2v) is 8.10. The highest BCUT2D eigenvalue weighted by Crippen LogP contribution is 2.45. The third-order valence-corrected chi connectivity index (χ3v) is 5.30. The van der Waals surface area contributed by atoms with E-state index >= 15 is 0 Å². The molecule has 0 fully saturated rings. The summed E-state index contributed by atoms with van der Waals surface area (Å²) in [6, 6.07) is 9.68. The number of non-ortho nitro benzene ring substituents is 1. The normalized spacial score (nSPS) is 14.3. The van der Waals surface area contributed by atoms with Crippen LogP contribution in [-0.2, 0) is 0 Å². The summed E-state index contributed by atoms with van der Waals surface area (Å²) in [7, 11) is 0. The van der Waals surface area contributed by atoms with Gasteiger partial charge in [0.15, 0.2) is 16.6 Å². The van der Waals surface area contributed by atoms with Crippen LogP contribution in [0.25, 0.3) is 39.1 Å². The molecule has 0 bridgehead atoms. The van der Waals surface area contributed by atoms with E-state index in [0.717, 1.165) is 0 Å². The lowest BCUT2D eigenvalue weighted by atomic mass is 9.93. The van der Waals surface area contributed by atoms with Crippen LogP contribution < -0.4 is 15.8 Å². The predicted octanol–water partition coefficient (Wildman–Crippen LogP) is 4.77. The van der Waals surface area contributed by atoms with Crippen molar-refractivity contribution in [3.05, 3.63) is 84.6 Å². The molecule has 2 aromatic heterocycles. The van der Waals surface area contributed by atoms with Crippen LogP contribution in [-0.4, -0.2) is 10.5 Å². The molecular weight excluding hydrogens is 414 g/mol. The summed E-state index contributed by atoms with van der Waals surface area (Å²) in [5, 5.41) is 11.5. The van der Waals surface area contributed by atoms with Gasteiger partial charge in [-0.05, 0) is 50.6 Å². The largest absolute Gasteiger partial charge is 0.482 e. The smallest absolute Gasteiger partial charge is 0.345 e. The number of hydrogen-bond acceptors (Lipinski definition) is 7. The lowest BCUT2D eigenvalue weighted by Gasteiger charge is -2.29. The number of hydrogen-bond donors (Lipinski definition) is 0. The van der Waals surface area contributed by atoms with Gasteiger partial charge in [-0.1, -0.05) is 0 Å². The molecule has 1 aliphatic heterocycles. The minimum atomic E-state index is -0.794. The fraction of sp³-hybridized carbons (Fsp3) is 0.167. The molecule has 3 heterocycles. The van der Waals surface area contributed by atoms with Crippen LogP contribution in [0, 0.1) is 23.1 Å². The first kappa shape index (κ1) is 19.7. The number of nitrogens with zero attached hydrogens (tertiary/aromatic N) is 1. The lowest BCUT2D eigenvalue weighted by Crippen LogP contribution is -2.28. The van der Waals surface area contributed by atoms with E-state index in [2.05, 4.69) is 6.07 Å². The van der Waals surface area contributed by atoms with Gasteiger partial charge in [0.05, 0.1) is 21.9 Å². The number of nitro benzene ring substituents is 1. The first-order valence-electron chi connectivity index (χ1n) is 9.78. The molecule has 0 spiro atoms. The van der Waals surface area contributed by atoms with Crippen LogP contribution in [0.4, 0.5) is 5.69 Å². The van der Waals surface area contributed by atoms with Crippen LogP contribution in [0.15, 0.2) is 54.8 Å². The molecule has 159 valence electrons. The van der Waals surface area contributed by atoms with E-state index in [9.17, 15) is 19.7 Å². The van der Waals surface area contributed by atoms with E-state index < -0.39 is 16.1 Å². The molecule has 0 saturated carbocycles. The van der Waals surface area contributed by atoms with Crippen molar-refractivity contribution >= 4 is 33.7 Å². The Kier molecular flexibility index (Phi) is 4.10. The van der Waals surface area contributed by atoms with Gasteiger partial charge < -0.3 is 13.6 Å². The zero-order chi connectivity index (χ0) is 22.8. The highest BCUT2D eigenvalue weighted by Gasteiger charge is 2.30. The topological polar surface area (TPSA) is 113 Å². The van der Waals surface area contributed by atoms with Crippen molar-refractivity contribution in [2.45, 2.75) is 26.4 Å². The fourth-order valence-corrected chi connectivity index (χ4v) is 3.90. The van der Waals surface area contributed by atoms with Gasteiger partial charge in [0.2, 0.25) is 0 Å². The predicted molar refractivity (Wildman–Crippen MR) is 118 cm³/mol. The van der Waals surface area contributed by atoms with Crippen molar-refractivity contribution in [2.24, 2.45) is 0 Å². The van der Waals surface area contributed by atoms with Crippen molar-refractivity contribution in [1.82, 2.24) is 0 Å². The van der Waals surface area contributed by atoms with E-state index in [4.69, 9.17) is 13.6 Å². The van der Waals surface area contributed by atoms with Crippen molar-refractivity contribution in [1.29, 1.82) is 0 Å². The minimum absolute atomic E-state index is 0.0238. The second kappa shape index (κ2) is 6.65. The van der Waals surface area contributed by atoms with Gasteiger partial charge in [0.25, 0.3) is 5.69 Å². The summed E-state index contributed by atoms with van der Waals surface area (Å²) in [5.74, 6) is 0.782. The lowest BCUT2D eigenvalue weighted by molar-refractivity contribution is -0.384. The zero-order valence-electron chi connectivity index (χ0n) is 17.3. The number of nitro groups is 1. The van der Waals surface area contributed by atoms with Crippen molar-refractivity contribution in [2.75, 3.05) is 0 Å². The van der Waals surface area contributed by atoms with Crippen molar-refractivity contribution < 1.29 is 18.5 Å². The Morgan fingerprint density at radius 1 is 1.03 bits per heavy atom. The molecular formula is C24H16NO7. The van der Waals surface area contributed by atoms with E-state index in [1.807, 2.05) is 26.0 Å². The Labute approximate surface area is 180 Å². The molecule has 0 atom stereocenters. The minimum Gasteiger partial charge on any atom is -0.482 e. The van der Waals surface area contributed by atoms with Gasteiger partial charge >= 0.3 is 5.63 Å². The third-order valence-electron chi connectivity index (χ3n) is 5.30. The van der Waals surface area contributed by atoms with E-state index in [-0.39, 0.29) is 27.7 Å². The SMILES string of the molecule is Cc1cc(=O)c2c(o1)c1c(c3c(-c4ccc([N+](=O)[O-])cc4)[c]c(=O)oc32)OC(C)(C)C=C1. The monoisotopic (exact) mass is 430 g/mol. The van der Waals surface area contributed by atoms with E-state index in [0.29, 0.717) is 33.6 Å². The first-order valence-corrected chi connectivity index (χ1v) is 9.78. The standard InChI is InChI=1S/C24H16NO7/c1-12-10-17(26)20-21(30-12)15-8-9-24(2,3)32-22(15)19-16(11-18(27)31-23(19)20)13-4-6-14(7-5-13)25(28)29/h4-10H,1-3H3. The molecule has 0 unspecified atom stereocenters. The number of aryl methyl sites for hydroxylation is 1. The Bertz CT molecular complexity index is 1590. The summed E-state index contributed by atoms with van der Waals surface area (Å²) < 4.78 is 17.6. The van der Waals surface area contributed by atoms with Crippen LogP contribution in [0.5, 0.6) is 5.75 Å². The molecule has 4 aromatic rings. The van der Waals surface area contributed by atoms with Gasteiger partial charge in [-0.3, -0.25) is 14.9 Å². The Hall–Kier alpha value is -4.20. The Morgan fingerprint density at radius 3 is 2.44 bits per heavy atom. The third kappa shape index (κ3) is 2.99. The summed E-state index contributed by atoms with van der Waals surface area (Å²) in [4.78, 5) is 35.9. The van der Waals surface area contributed by atoms with Crippen molar-refractivity contribution in [3.8, 4) is 16.9 Å². The second-order valence-electron chi connectivity index (χ2n) is 8.10. The van der Waals surface area contributed by atoms with E-state index in [1.165, 1.54) is 30.3 Å². The first-order chi connectivity index (χ1) is 15.1. The molecule has 1 aliphatic rings. The highest BCUT2D eigenvalue weighted by molar-refractivity contribution is 6.14. The molecule has 2 aromatic carbocycles. The highest BCUT2D eigenvalue weighted by atomic mass is 16.6. The summed E-state index contributed by atoms with van der Waals surface area (Å²) >= 11 is 0. The fourth-order valence-electron chi connectivity index (χ4n) is 3.90. The molecule has 8 heteroatoms. The zero-order valence-corrected chi connectivity index (χ0v) is 17.3. The van der Waals surface area contributed by atoms with Gasteiger partial charge in [-0.25, -0.2) is 4.79 Å². The maximum atomic E-state index is 12.9. The van der Waals surface area contributed by atoms with Crippen LogP contribution >= 0.6 is 0 Å². The van der Waals surface area contributed by atoms with Crippen molar-refractivity contribution in [3.63, 3.8) is 0 Å². The summed E-state index contributed by atoms with van der Waals surface area (Å²) in [6.45, 7) is 5.39. The maximum Gasteiger partial charge on any atom is 0.345 e. The van der Waals surface area contributed by atoms with Gasteiger partial charge in [0.1, 0.15) is 22.5 Å². The molecule has 32 heavy (non-hydrogen) atoms. The molecule has 0 N–H and O–H groups in total. The number of ether oxygens (including phenoxy) is 1. The molecule has 0 amide bonds. The number of fused-ring (bicyclic) bond motifs is 6. The number of benzene rings is 2. The molecule has 0 saturated heterocycles. The molecule has 1 radical (unpaired) electrons. The van der Waals surface area contributed by atoms with Crippen LogP contribution in [0.2, 0.25) is 0 Å². The van der Waals surface area contributed by atoms with Gasteiger partial charge in [-0.15, -0.1) is 0 Å². The Morgan fingerprint density at radius 2 is 1.75 bits per heavy atom. The van der Waals surface area contributed by atoms with Gasteiger partial charge in [0, 0.05) is 23.8 Å². The summed E-state index contributed by atoms with van der Waals surface area (Å²) in [5.41, 5.74) is -0.304. The average Bonchev–Trinajstić information content (AvgIpc) is 2.72. The molecule has 8 nitrogen and oxygen atoms in total. The molecule has 0 aliphatic carbocycles. The Balaban J connectivity index is 1.99. The molecule has 5 rings (SSSR count). The van der Waals surface area contributed by atoms with Crippen LogP contribution in [0.3, 0.4) is 0 Å². The average molecular weight is 430 g/mol. The van der Waals surface area contributed by atoms with Gasteiger partial charge in [-0.2, -0.15) is 0 Å². The number of rotatable bonds is 2. The summed E-state index contributed by atoms with van der Waals surface area (Å²) in [6.07, 6.45) is 3.66. The maximum absolute atomic E-state index is 12.9. The quantitative estimate of drug-likeness (QED) is 0.195. The van der Waals surface area contributed by atoms with E-state index in [1.54, 1.807) is 6.92 Å². The van der Waals surface area contributed by atoms with Crippen LogP contribution in [0.1, 0.15) is 25.2 Å².